The standard InChI is InChI=1S/C28H34N2O3.C15H21Br.C15H18N2O3.CH4/c1-27(2)12-13-28(3,4)24-14-19(6-11-23(24)27)17-33-21-9-7-20(8-10-21)22(15-26(31)32)25-16-29-18-30(25)5;1-14(2)7-8-15(3,4)13-9-11(10-16)5-6-12(13)14;1-3-20-15(19)8-13(14-9-16-10-17(14)2)11-4-6-12(18)7-5-11;/h6-11,14,16,18,22H,12-13,15,17H2,1-5H3,(H,31,32);5-6,9H,7-8,10H2,1-4H3;4-7,9-10,13,18H,3,8H2,1-2H3;1H4/t22-;;13-;/m0.0./s1. The molecular weight excluding hydrogens is 941 g/mol. The quantitative estimate of drug-likeness (QED) is 0.0864. The second-order valence-electron chi connectivity index (χ2n) is 21.4. The highest BCUT2D eigenvalue weighted by Gasteiger charge is 2.38. The lowest BCUT2D eigenvalue weighted by molar-refractivity contribution is -0.143. The number of hydrogen-bond acceptors (Lipinski definition) is 7. The minimum Gasteiger partial charge on any atom is -0.508 e. The molecule has 2 aliphatic carbocycles. The van der Waals surface area contributed by atoms with E-state index in [0.29, 0.717) is 24.0 Å². The van der Waals surface area contributed by atoms with E-state index in [9.17, 15) is 19.8 Å². The number of imidazole rings is 2. The fourth-order valence-corrected chi connectivity index (χ4v) is 10.2. The van der Waals surface area contributed by atoms with E-state index in [0.717, 1.165) is 33.6 Å². The number of hydrogen-bond donors (Lipinski definition) is 2. The Balaban J connectivity index is 0.000000211. The van der Waals surface area contributed by atoms with E-state index in [1.54, 1.807) is 55.2 Å². The van der Waals surface area contributed by atoms with Crippen molar-refractivity contribution in [3.8, 4) is 11.5 Å². The van der Waals surface area contributed by atoms with Crippen LogP contribution in [0.15, 0.2) is 110 Å². The number of nitrogens with zero attached hydrogens (tertiary/aromatic N) is 4. The van der Waals surface area contributed by atoms with Crippen LogP contribution in [0.25, 0.3) is 0 Å². The van der Waals surface area contributed by atoms with Crippen LogP contribution in [0, 0.1) is 0 Å². The Morgan fingerprint density at radius 3 is 1.50 bits per heavy atom. The van der Waals surface area contributed by atoms with Crippen molar-refractivity contribution in [3.63, 3.8) is 0 Å². The average molecular weight is 1020 g/mol. The van der Waals surface area contributed by atoms with Gasteiger partial charge in [0.05, 0.1) is 32.1 Å². The number of carboxylic acid groups (broad SMARTS) is 1. The van der Waals surface area contributed by atoms with Gasteiger partial charge in [-0.2, -0.15) is 0 Å². The van der Waals surface area contributed by atoms with Crippen molar-refractivity contribution in [2.45, 2.75) is 154 Å². The highest BCUT2D eigenvalue weighted by molar-refractivity contribution is 9.08. The number of carboxylic acids is 1. The third-order valence-corrected chi connectivity index (χ3v) is 15.1. The number of ether oxygens (including phenoxy) is 2. The van der Waals surface area contributed by atoms with Crippen molar-refractivity contribution < 1.29 is 29.3 Å². The number of carbonyl (C=O) groups excluding carboxylic acids is 1. The number of esters is 1. The normalized spacial score (nSPS) is 16.5. The van der Waals surface area contributed by atoms with Gasteiger partial charge in [-0.15, -0.1) is 0 Å². The van der Waals surface area contributed by atoms with Crippen LogP contribution in [0.2, 0.25) is 0 Å². The number of carbonyl (C=O) groups is 2. The van der Waals surface area contributed by atoms with Gasteiger partial charge in [0.1, 0.15) is 18.1 Å². The Hall–Kier alpha value is -5.68. The largest absolute Gasteiger partial charge is 0.508 e. The van der Waals surface area contributed by atoms with Crippen molar-refractivity contribution in [2.24, 2.45) is 14.1 Å². The fraction of sp³-hybridized carbons (Fsp3) is 0.458. The molecule has 0 amide bonds. The van der Waals surface area contributed by atoms with Gasteiger partial charge < -0.3 is 28.8 Å². The maximum Gasteiger partial charge on any atom is 0.306 e. The van der Waals surface area contributed by atoms with Gasteiger partial charge in [-0.3, -0.25) is 9.59 Å². The molecule has 376 valence electrons. The number of rotatable bonds is 13. The number of aliphatic carboxylic acids is 1. The number of aromatic nitrogens is 4. The topological polar surface area (TPSA) is 129 Å². The van der Waals surface area contributed by atoms with E-state index in [1.165, 1.54) is 47.9 Å². The Labute approximate surface area is 426 Å². The van der Waals surface area contributed by atoms with Crippen molar-refractivity contribution in [1.29, 1.82) is 0 Å². The van der Waals surface area contributed by atoms with Gasteiger partial charge in [0.25, 0.3) is 0 Å². The molecule has 0 saturated carbocycles. The maximum absolute atomic E-state index is 11.8. The minimum atomic E-state index is -0.833. The molecule has 0 unspecified atom stereocenters. The predicted molar refractivity (Wildman–Crippen MR) is 285 cm³/mol. The Bertz CT molecular complexity index is 2680. The van der Waals surface area contributed by atoms with Crippen LogP contribution in [-0.4, -0.2) is 47.9 Å². The third-order valence-electron chi connectivity index (χ3n) is 14.4. The lowest BCUT2D eigenvalue weighted by Crippen LogP contribution is -2.33. The summed E-state index contributed by atoms with van der Waals surface area (Å²) in [6, 6.07) is 28.4. The minimum absolute atomic E-state index is 0. The molecule has 0 bridgehead atoms. The van der Waals surface area contributed by atoms with Gasteiger partial charge in [0.15, 0.2) is 0 Å². The number of fused-ring (bicyclic) bond motifs is 2. The van der Waals surface area contributed by atoms with Crippen molar-refractivity contribution in [3.05, 3.63) is 166 Å². The molecule has 70 heavy (non-hydrogen) atoms. The van der Waals surface area contributed by atoms with Gasteiger partial charge in [-0.25, -0.2) is 9.97 Å². The molecule has 10 nitrogen and oxygen atoms in total. The van der Waals surface area contributed by atoms with E-state index in [1.807, 2.05) is 59.6 Å². The number of phenolic OH excluding ortho intramolecular Hbond substituents is 1. The number of phenols is 1. The lowest BCUT2D eigenvalue weighted by Gasteiger charge is -2.42. The van der Waals surface area contributed by atoms with Crippen molar-refractivity contribution in [1.82, 2.24) is 19.1 Å². The van der Waals surface area contributed by atoms with Crippen LogP contribution in [0.3, 0.4) is 0 Å². The zero-order chi connectivity index (χ0) is 50.3. The molecule has 0 fully saturated rings. The first-order valence-corrected chi connectivity index (χ1v) is 25.3. The summed E-state index contributed by atoms with van der Waals surface area (Å²) in [7, 11) is 3.77. The molecule has 0 aliphatic heterocycles. The van der Waals surface area contributed by atoms with Crippen LogP contribution in [0.1, 0.15) is 176 Å². The second kappa shape index (κ2) is 23.0. The summed E-state index contributed by atoms with van der Waals surface area (Å²) in [6.45, 7) is 21.5. The number of aryl methyl sites for hydroxylation is 2. The lowest BCUT2D eigenvalue weighted by atomic mass is 9.63. The van der Waals surface area contributed by atoms with Crippen LogP contribution in [0.4, 0.5) is 0 Å². The first-order valence-electron chi connectivity index (χ1n) is 24.2. The van der Waals surface area contributed by atoms with Crippen LogP contribution in [0.5, 0.6) is 11.5 Å². The number of aromatic hydroxyl groups is 1. The second-order valence-corrected chi connectivity index (χ2v) is 22.0. The summed E-state index contributed by atoms with van der Waals surface area (Å²) >= 11 is 3.55. The SMILES string of the molecule is C.CC1(C)CCC(C)(C)c2cc(CBr)ccc21.CCOC(=O)C[C@@H](c1ccc(O)cc1)c1cncn1C.Cn1cncc1[C@@H](CC(=O)O)c1ccc(OCc2ccc3c(c2)C(C)(C)CCC3(C)C)cc1. The summed E-state index contributed by atoms with van der Waals surface area (Å²) < 4.78 is 14.9. The third kappa shape index (κ3) is 13.4. The van der Waals surface area contributed by atoms with Crippen LogP contribution < -0.4 is 4.74 Å². The summed E-state index contributed by atoms with van der Waals surface area (Å²) in [5, 5.41) is 19.7. The number of halogens is 1. The Kier molecular flexibility index (Phi) is 18.2. The van der Waals surface area contributed by atoms with Gasteiger partial charge in [0.2, 0.25) is 0 Å². The van der Waals surface area contributed by atoms with E-state index in [2.05, 4.69) is 118 Å². The predicted octanol–water partition coefficient (Wildman–Crippen LogP) is 13.7. The zero-order valence-corrected chi connectivity index (χ0v) is 44.2. The Morgan fingerprint density at radius 2 is 1.07 bits per heavy atom. The molecule has 0 radical (unpaired) electrons. The molecule has 2 heterocycles. The highest BCUT2D eigenvalue weighted by Crippen LogP contribution is 2.47. The molecule has 6 aromatic rings. The van der Waals surface area contributed by atoms with Crippen LogP contribution in [-0.2, 0) is 62.0 Å². The highest BCUT2D eigenvalue weighted by atomic mass is 79.9. The maximum atomic E-state index is 11.8. The van der Waals surface area contributed by atoms with E-state index < -0.39 is 5.97 Å². The Morgan fingerprint density at radius 1 is 0.643 bits per heavy atom. The molecule has 2 N–H and O–H groups in total. The van der Waals surface area contributed by atoms with Crippen molar-refractivity contribution >= 4 is 27.9 Å². The molecule has 2 aromatic heterocycles. The molecule has 8 rings (SSSR count). The number of alkyl halides is 1. The molecule has 2 aliphatic rings. The first-order chi connectivity index (χ1) is 32.5. The first kappa shape index (κ1) is 55.2. The monoisotopic (exact) mass is 1020 g/mol. The summed E-state index contributed by atoms with van der Waals surface area (Å²) in [5.74, 6) is -0.493. The average Bonchev–Trinajstić information content (AvgIpc) is 3.95. The van der Waals surface area contributed by atoms with Gasteiger partial charge in [-0.1, -0.05) is 139 Å². The van der Waals surface area contributed by atoms with Crippen molar-refractivity contribution in [2.75, 3.05) is 6.61 Å². The fourth-order valence-electron chi connectivity index (χ4n) is 9.87. The summed E-state index contributed by atoms with van der Waals surface area (Å²) in [6.07, 6.45) is 12.1. The van der Waals surface area contributed by atoms with Crippen LogP contribution >= 0.6 is 15.9 Å². The smallest absolute Gasteiger partial charge is 0.306 e. The molecule has 0 spiro atoms. The van der Waals surface area contributed by atoms with E-state index in [-0.39, 0.29) is 54.7 Å². The molecule has 0 saturated heterocycles. The molecular formula is C59H77BrN4O6. The van der Waals surface area contributed by atoms with Gasteiger partial charge >= 0.3 is 11.9 Å². The van der Waals surface area contributed by atoms with Gasteiger partial charge in [-0.05, 0) is 123 Å². The van der Waals surface area contributed by atoms with E-state index >= 15 is 0 Å². The zero-order valence-electron chi connectivity index (χ0n) is 42.6. The van der Waals surface area contributed by atoms with E-state index in [4.69, 9.17) is 9.47 Å². The summed E-state index contributed by atoms with van der Waals surface area (Å²) in [4.78, 5) is 31.5. The number of benzene rings is 4. The molecule has 2 atom stereocenters. The summed E-state index contributed by atoms with van der Waals surface area (Å²) in [5.41, 5.74) is 13.3. The molecule has 4 aromatic carbocycles. The van der Waals surface area contributed by atoms with Gasteiger partial charge in [0, 0.05) is 55.0 Å². The molecule has 11 heteroatoms.